The molecule has 1 heterocycles. The summed E-state index contributed by atoms with van der Waals surface area (Å²) in [6.45, 7) is 6.34. The van der Waals surface area contributed by atoms with Crippen molar-refractivity contribution < 1.29 is 0 Å². The van der Waals surface area contributed by atoms with E-state index in [2.05, 4.69) is 35.3 Å². The van der Waals surface area contributed by atoms with Crippen LogP contribution in [0.1, 0.15) is 12.5 Å². The van der Waals surface area contributed by atoms with Crippen LogP contribution >= 0.6 is 11.6 Å². The number of anilines is 1. The number of halogens is 1. The van der Waals surface area contributed by atoms with Gasteiger partial charge in [-0.1, -0.05) is 30.7 Å². The summed E-state index contributed by atoms with van der Waals surface area (Å²) in [6.07, 6.45) is 0.999. The normalized spacial score (nSPS) is 16.8. The van der Waals surface area contributed by atoms with Crippen molar-refractivity contribution in [3.63, 3.8) is 0 Å². The molecular weight excluding hydrogens is 208 g/mol. The number of hydrogen-bond acceptors (Lipinski definition) is 2. The maximum absolute atomic E-state index is 6.38. The fourth-order valence-electron chi connectivity index (χ4n) is 1.99. The van der Waals surface area contributed by atoms with Crippen LogP contribution in [0.2, 0.25) is 5.02 Å². The van der Waals surface area contributed by atoms with E-state index in [-0.39, 0.29) is 0 Å². The number of hydrogen-bond donors (Lipinski definition) is 1. The van der Waals surface area contributed by atoms with Gasteiger partial charge in [0.15, 0.2) is 0 Å². The van der Waals surface area contributed by atoms with Crippen LogP contribution in [0.3, 0.4) is 0 Å². The van der Waals surface area contributed by atoms with Gasteiger partial charge in [-0.2, -0.15) is 0 Å². The van der Waals surface area contributed by atoms with Crippen LogP contribution in [0.4, 0.5) is 5.69 Å². The molecule has 0 spiro atoms. The van der Waals surface area contributed by atoms with Gasteiger partial charge in [0, 0.05) is 26.2 Å². The average Bonchev–Trinajstić information content (AvgIpc) is 2.30. The molecule has 1 N–H and O–H groups in total. The molecule has 0 saturated carbocycles. The van der Waals surface area contributed by atoms with E-state index in [0.717, 1.165) is 37.6 Å². The maximum Gasteiger partial charge on any atom is 0.0671 e. The molecule has 1 aromatic carbocycles. The summed E-state index contributed by atoms with van der Waals surface area (Å²) in [7, 11) is 0. The van der Waals surface area contributed by atoms with Gasteiger partial charge in [0.25, 0.3) is 0 Å². The van der Waals surface area contributed by atoms with Gasteiger partial charge in [-0.3, -0.25) is 0 Å². The summed E-state index contributed by atoms with van der Waals surface area (Å²) in [4.78, 5) is 2.36. The van der Waals surface area contributed by atoms with E-state index in [9.17, 15) is 0 Å². The highest BCUT2D eigenvalue weighted by molar-refractivity contribution is 6.34. The van der Waals surface area contributed by atoms with Crippen molar-refractivity contribution in [1.29, 1.82) is 0 Å². The lowest BCUT2D eigenvalue weighted by molar-refractivity contribution is 0.589. The predicted octanol–water partition coefficient (Wildman–Crippen LogP) is 2.31. The number of piperazine rings is 1. The lowest BCUT2D eigenvalue weighted by atomic mass is 10.1. The molecule has 0 amide bonds. The van der Waals surface area contributed by atoms with Crippen LogP contribution in [0, 0.1) is 0 Å². The second-order valence-corrected chi connectivity index (χ2v) is 4.22. The minimum atomic E-state index is 0.932. The van der Waals surface area contributed by atoms with Gasteiger partial charge in [-0.05, 0) is 18.1 Å². The summed E-state index contributed by atoms with van der Waals surface area (Å²) < 4.78 is 0. The Balaban J connectivity index is 2.26. The van der Waals surface area contributed by atoms with E-state index in [1.54, 1.807) is 0 Å². The monoisotopic (exact) mass is 224 g/mol. The molecule has 0 radical (unpaired) electrons. The first-order chi connectivity index (χ1) is 7.33. The fraction of sp³-hybridized carbons (Fsp3) is 0.500. The first-order valence-electron chi connectivity index (χ1n) is 5.56. The Morgan fingerprint density at radius 2 is 2.07 bits per heavy atom. The quantitative estimate of drug-likeness (QED) is 0.830. The molecule has 0 atom stereocenters. The Morgan fingerprint density at radius 1 is 1.33 bits per heavy atom. The third-order valence-corrected chi connectivity index (χ3v) is 3.33. The van der Waals surface area contributed by atoms with Crippen molar-refractivity contribution >= 4 is 17.3 Å². The highest BCUT2D eigenvalue weighted by Crippen LogP contribution is 2.29. The van der Waals surface area contributed by atoms with Crippen LogP contribution in [-0.2, 0) is 6.42 Å². The Hall–Kier alpha value is -0.730. The number of rotatable bonds is 2. The van der Waals surface area contributed by atoms with E-state index < -0.39 is 0 Å². The van der Waals surface area contributed by atoms with Crippen LogP contribution in [-0.4, -0.2) is 26.2 Å². The second-order valence-electron chi connectivity index (χ2n) is 3.84. The summed E-state index contributed by atoms with van der Waals surface area (Å²) in [5.41, 5.74) is 2.44. The van der Waals surface area contributed by atoms with Gasteiger partial charge < -0.3 is 10.2 Å². The Bertz CT molecular complexity index is 332. The summed E-state index contributed by atoms with van der Waals surface area (Å²) in [5, 5.41) is 4.28. The lowest BCUT2D eigenvalue weighted by Crippen LogP contribution is -2.43. The first-order valence-corrected chi connectivity index (χ1v) is 5.93. The Kier molecular flexibility index (Phi) is 3.49. The molecule has 2 nitrogen and oxygen atoms in total. The second kappa shape index (κ2) is 4.86. The highest BCUT2D eigenvalue weighted by Gasteiger charge is 2.14. The lowest BCUT2D eigenvalue weighted by Gasteiger charge is -2.30. The van der Waals surface area contributed by atoms with E-state index >= 15 is 0 Å². The van der Waals surface area contributed by atoms with Gasteiger partial charge >= 0.3 is 0 Å². The standard InChI is InChI=1S/C12H17ClN2/c1-2-10-4-3-5-11(12(10)13)15-8-6-14-7-9-15/h3-5,14H,2,6-9H2,1H3. The molecular formula is C12H17ClN2. The molecule has 3 heteroatoms. The Morgan fingerprint density at radius 3 is 2.73 bits per heavy atom. The zero-order valence-corrected chi connectivity index (χ0v) is 9.85. The maximum atomic E-state index is 6.38. The molecule has 0 aliphatic carbocycles. The largest absolute Gasteiger partial charge is 0.368 e. The molecule has 82 valence electrons. The minimum absolute atomic E-state index is 0.932. The van der Waals surface area contributed by atoms with Gasteiger partial charge in [-0.15, -0.1) is 0 Å². The van der Waals surface area contributed by atoms with Crippen LogP contribution in [0.5, 0.6) is 0 Å². The summed E-state index contributed by atoms with van der Waals surface area (Å²) in [6, 6.07) is 6.32. The first kappa shape index (κ1) is 10.8. The number of benzene rings is 1. The molecule has 15 heavy (non-hydrogen) atoms. The molecule has 0 unspecified atom stereocenters. The van der Waals surface area contributed by atoms with E-state index in [4.69, 9.17) is 11.6 Å². The summed E-state index contributed by atoms with van der Waals surface area (Å²) >= 11 is 6.38. The van der Waals surface area contributed by atoms with E-state index in [1.807, 2.05) is 0 Å². The molecule has 0 aromatic heterocycles. The molecule has 2 rings (SSSR count). The predicted molar refractivity (Wildman–Crippen MR) is 65.9 cm³/mol. The third-order valence-electron chi connectivity index (χ3n) is 2.90. The van der Waals surface area contributed by atoms with Crippen LogP contribution in [0.15, 0.2) is 18.2 Å². The zero-order valence-electron chi connectivity index (χ0n) is 9.09. The molecule has 1 aromatic rings. The van der Waals surface area contributed by atoms with Crippen molar-refractivity contribution in [1.82, 2.24) is 5.32 Å². The smallest absolute Gasteiger partial charge is 0.0671 e. The minimum Gasteiger partial charge on any atom is -0.368 e. The van der Waals surface area contributed by atoms with Crippen LogP contribution < -0.4 is 10.2 Å². The van der Waals surface area contributed by atoms with Crippen LogP contribution in [0.25, 0.3) is 0 Å². The number of nitrogens with zero attached hydrogens (tertiary/aromatic N) is 1. The number of nitrogens with one attached hydrogen (secondary N) is 1. The third kappa shape index (κ3) is 2.27. The van der Waals surface area contributed by atoms with Crippen molar-refractivity contribution in [2.75, 3.05) is 31.1 Å². The SMILES string of the molecule is CCc1cccc(N2CCNCC2)c1Cl. The van der Waals surface area contributed by atoms with Gasteiger partial charge in [0.1, 0.15) is 0 Å². The van der Waals surface area contributed by atoms with Crippen molar-refractivity contribution in [2.45, 2.75) is 13.3 Å². The summed E-state index contributed by atoms with van der Waals surface area (Å²) in [5.74, 6) is 0. The average molecular weight is 225 g/mol. The van der Waals surface area contributed by atoms with E-state index in [0.29, 0.717) is 0 Å². The Labute approximate surface area is 96.2 Å². The number of aryl methyl sites for hydroxylation is 1. The fourth-order valence-corrected chi connectivity index (χ4v) is 2.37. The van der Waals surface area contributed by atoms with Crippen molar-refractivity contribution in [3.8, 4) is 0 Å². The highest BCUT2D eigenvalue weighted by atomic mass is 35.5. The molecule has 1 aliphatic heterocycles. The topological polar surface area (TPSA) is 15.3 Å². The van der Waals surface area contributed by atoms with Gasteiger partial charge in [0.05, 0.1) is 10.7 Å². The van der Waals surface area contributed by atoms with Crippen molar-refractivity contribution in [2.24, 2.45) is 0 Å². The zero-order chi connectivity index (χ0) is 10.7. The van der Waals surface area contributed by atoms with Gasteiger partial charge in [0.2, 0.25) is 0 Å². The molecule has 1 aliphatic rings. The van der Waals surface area contributed by atoms with Gasteiger partial charge in [-0.25, -0.2) is 0 Å². The van der Waals surface area contributed by atoms with E-state index in [1.165, 1.54) is 11.3 Å². The van der Waals surface area contributed by atoms with Crippen molar-refractivity contribution in [3.05, 3.63) is 28.8 Å². The molecule has 1 fully saturated rings. The molecule has 0 bridgehead atoms. The molecule has 1 saturated heterocycles.